The van der Waals surface area contributed by atoms with Crippen molar-refractivity contribution >= 4 is 15.9 Å². The highest BCUT2D eigenvalue weighted by Gasteiger charge is 2.00. The Labute approximate surface area is 71.5 Å². The summed E-state index contributed by atoms with van der Waals surface area (Å²) < 4.78 is 1.15. The van der Waals surface area contributed by atoms with Gasteiger partial charge in [0.05, 0.1) is 0 Å². The third-order valence-corrected chi connectivity index (χ3v) is 2.15. The molecule has 0 N–H and O–H groups in total. The molecule has 0 aromatic rings. The van der Waals surface area contributed by atoms with E-state index in [1.807, 2.05) is 25.8 Å². The van der Waals surface area contributed by atoms with Crippen molar-refractivity contribution in [3.05, 3.63) is 22.5 Å². The van der Waals surface area contributed by atoms with E-state index in [2.05, 4.69) is 29.4 Å². The fraction of sp³-hybridized carbons (Fsp3) is 0.500. The predicted molar refractivity (Wildman–Crippen MR) is 49.9 cm³/mol. The molecule has 0 aromatic carbocycles. The summed E-state index contributed by atoms with van der Waals surface area (Å²) in [5.41, 5.74) is 2.25. The first-order valence-electron chi connectivity index (χ1n) is 3.19. The van der Waals surface area contributed by atoms with E-state index < -0.39 is 0 Å². The normalized spacial score (nSPS) is 12.5. The second-order valence-electron chi connectivity index (χ2n) is 2.41. The van der Waals surface area contributed by atoms with E-state index in [-0.39, 0.29) is 0 Å². The quantitative estimate of drug-likeness (QED) is 0.668. The molecule has 0 aliphatic heterocycles. The van der Waals surface area contributed by atoms with E-state index in [9.17, 15) is 0 Å². The molecule has 0 bridgehead atoms. The van der Waals surface area contributed by atoms with E-state index in [1.54, 1.807) is 0 Å². The van der Waals surface area contributed by atoms with Gasteiger partial charge in [-0.3, -0.25) is 0 Å². The van der Waals surface area contributed by atoms with Crippen LogP contribution in [-0.4, -0.2) is 11.9 Å². The monoisotopic (exact) mass is 203 g/mol. The maximum Gasteiger partial charge on any atom is 0.0240 e. The second-order valence-corrected chi connectivity index (χ2v) is 3.60. The highest BCUT2D eigenvalue weighted by molar-refractivity contribution is 9.11. The number of allylic oxidation sites excluding steroid dienone is 3. The molecule has 0 spiro atoms. The smallest absolute Gasteiger partial charge is 0.0240 e. The molecule has 10 heavy (non-hydrogen) atoms. The molecule has 0 aromatic heterocycles. The maximum absolute atomic E-state index is 3.83. The summed E-state index contributed by atoms with van der Waals surface area (Å²) in [5, 5.41) is 0. The molecule has 0 amide bonds. The summed E-state index contributed by atoms with van der Waals surface area (Å²) in [5.74, 6) is 0. The van der Waals surface area contributed by atoms with E-state index >= 15 is 0 Å². The van der Waals surface area contributed by atoms with Crippen LogP contribution >= 0.6 is 15.9 Å². The van der Waals surface area contributed by atoms with Crippen molar-refractivity contribution < 1.29 is 0 Å². The molecular weight excluding hydrogens is 190 g/mol. The third kappa shape index (κ3) is 2.56. The van der Waals surface area contributed by atoms with Crippen molar-refractivity contribution in [2.75, 3.05) is 7.05 Å². The van der Waals surface area contributed by atoms with Crippen LogP contribution in [0.1, 0.15) is 20.8 Å². The van der Waals surface area contributed by atoms with Gasteiger partial charge in [0.2, 0.25) is 0 Å². The minimum atomic E-state index is 1.05. The van der Waals surface area contributed by atoms with Gasteiger partial charge in [-0.1, -0.05) is 22.5 Å². The average molecular weight is 204 g/mol. The first-order chi connectivity index (χ1) is 4.46. The van der Waals surface area contributed by atoms with Crippen molar-refractivity contribution in [1.82, 2.24) is 4.90 Å². The van der Waals surface area contributed by atoms with E-state index in [0.717, 1.165) is 10.2 Å². The SMILES string of the molecule is C=C(C)N(C)/C(C)=C(/C)Br. The van der Waals surface area contributed by atoms with Crippen molar-refractivity contribution in [2.24, 2.45) is 0 Å². The summed E-state index contributed by atoms with van der Waals surface area (Å²) in [6, 6.07) is 0. The zero-order valence-electron chi connectivity index (χ0n) is 7.03. The highest BCUT2D eigenvalue weighted by atomic mass is 79.9. The topological polar surface area (TPSA) is 3.24 Å². The molecule has 0 radical (unpaired) electrons. The van der Waals surface area contributed by atoms with Gasteiger partial charge in [0.25, 0.3) is 0 Å². The van der Waals surface area contributed by atoms with Gasteiger partial charge in [-0.25, -0.2) is 0 Å². The van der Waals surface area contributed by atoms with Crippen LogP contribution in [0.15, 0.2) is 22.5 Å². The summed E-state index contributed by atoms with van der Waals surface area (Å²) in [6.45, 7) is 9.89. The molecule has 58 valence electrons. The van der Waals surface area contributed by atoms with Crippen molar-refractivity contribution in [3.63, 3.8) is 0 Å². The van der Waals surface area contributed by atoms with Crippen LogP contribution in [0.25, 0.3) is 0 Å². The molecular formula is C8H14BrN. The largest absolute Gasteiger partial charge is 0.352 e. The number of nitrogens with zero attached hydrogens (tertiary/aromatic N) is 1. The summed E-state index contributed by atoms with van der Waals surface area (Å²) in [7, 11) is 2.00. The van der Waals surface area contributed by atoms with Crippen molar-refractivity contribution in [1.29, 1.82) is 0 Å². The summed E-state index contributed by atoms with van der Waals surface area (Å²) in [4.78, 5) is 2.05. The van der Waals surface area contributed by atoms with Crippen LogP contribution in [0, 0.1) is 0 Å². The lowest BCUT2D eigenvalue weighted by Gasteiger charge is -2.20. The van der Waals surface area contributed by atoms with Crippen LogP contribution in [0.3, 0.4) is 0 Å². The Morgan fingerprint density at radius 2 is 1.70 bits per heavy atom. The first-order valence-corrected chi connectivity index (χ1v) is 3.98. The summed E-state index contributed by atoms with van der Waals surface area (Å²) >= 11 is 3.41. The van der Waals surface area contributed by atoms with Crippen LogP contribution in [0.2, 0.25) is 0 Å². The molecule has 0 aliphatic rings. The van der Waals surface area contributed by atoms with Crippen LogP contribution in [0.5, 0.6) is 0 Å². The van der Waals surface area contributed by atoms with E-state index in [1.165, 1.54) is 5.70 Å². The lowest BCUT2D eigenvalue weighted by Crippen LogP contribution is -2.12. The number of halogens is 1. The molecule has 2 heteroatoms. The third-order valence-electron chi connectivity index (χ3n) is 1.57. The molecule has 0 unspecified atom stereocenters. The van der Waals surface area contributed by atoms with Gasteiger partial charge in [0.1, 0.15) is 0 Å². The second kappa shape index (κ2) is 3.81. The zero-order chi connectivity index (χ0) is 8.31. The van der Waals surface area contributed by atoms with Crippen LogP contribution < -0.4 is 0 Å². The number of rotatable bonds is 2. The molecule has 0 rings (SSSR count). The molecule has 1 nitrogen and oxygen atoms in total. The molecule has 0 saturated heterocycles. The lowest BCUT2D eigenvalue weighted by atomic mass is 10.4. The van der Waals surface area contributed by atoms with Gasteiger partial charge < -0.3 is 4.90 Å². The van der Waals surface area contributed by atoms with Gasteiger partial charge in [-0.2, -0.15) is 0 Å². The summed E-state index contributed by atoms with van der Waals surface area (Å²) in [6.07, 6.45) is 0. The predicted octanol–water partition coefficient (Wildman–Crippen LogP) is 3.10. The molecule has 0 heterocycles. The fourth-order valence-electron chi connectivity index (χ4n) is 0.517. The molecule has 0 aliphatic carbocycles. The fourth-order valence-corrected chi connectivity index (χ4v) is 0.783. The Hall–Kier alpha value is -0.240. The Morgan fingerprint density at radius 1 is 1.30 bits per heavy atom. The van der Waals surface area contributed by atoms with Gasteiger partial charge in [-0.05, 0) is 20.8 Å². The van der Waals surface area contributed by atoms with E-state index in [4.69, 9.17) is 0 Å². The van der Waals surface area contributed by atoms with Gasteiger partial charge in [0, 0.05) is 22.9 Å². The minimum absolute atomic E-state index is 1.05. The Morgan fingerprint density at radius 3 is 1.80 bits per heavy atom. The molecule has 0 fully saturated rings. The van der Waals surface area contributed by atoms with Crippen LogP contribution in [-0.2, 0) is 0 Å². The number of hydrogen-bond donors (Lipinski definition) is 0. The maximum atomic E-state index is 3.83. The van der Waals surface area contributed by atoms with E-state index in [0.29, 0.717) is 0 Å². The van der Waals surface area contributed by atoms with Crippen molar-refractivity contribution in [2.45, 2.75) is 20.8 Å². The Balaban J connectivity index is 4.37. The standard InChI is InChI=1S/C8H14BrN/c1-6(2)10(5)8(4)7(3)9/h1H2,2-5H3/b8-7-. The molecule has 0 atom stereocenters. The minimum Gasteiger partial charge on any atom is -0.352 e. The van der Waals surface area contributed by atoms with Crippen molar-refractivity contribution in [3.8, 4) is 0 Å². The van der Waals surface area contributed by atoms with Gasteiger partial charge >= 0.3 is 0 Å². The van der Waals surface area contributed by atoms with Gasteiger partial charge in [0.15, 0.2) is 0 Å². The Kier molecular flexibility index (Phi) is 3.72. The van der Waals surface area contributed by atoms with Crippen LogP contribution in [0.4, 0.5) is 0 Å². The highest BCUT2D eigenvalue weighted by Crippen LogP contribution is 2.15. The zero-order valence-corrected chi connectivity index (χ0v) is 8.62. The lowest BCUT2D eigenvalue weighted by molar-refractivity contribution is 0.522. The average Bonchev–Trinajstić information content (AvgIpc) is 1.84. The first kappa shape index (κ1) is 9.76. The van der Waals surface area contributed by atoms with Gasteiger partial charge in [-0.15, -0.1) is 0 Å². The molecule has 0 saturated carbocycles. The Bertz CT molecular complexity index is 166. The number of hydrogen-bond acceptors (Lipinski definition) is 1.